The van der Waals surface area contributed by atoms with Crippen LogP contribution in [0.4, 0.5) is 5.69 Å². The van der Waals surface area contributed by atoms with E-state index in [1.807, 2.05) is 36.4 Å². The second-order valence-electron chi connectivity index (χ2n) is 5.49. The molecule has 1 N–H and O–H groups in total. The zero-order valence-electron chi connectivity index (χ0n) is 14.8. The molecule has 2 aromatic carbocycles. The van der Waals surface area contributed by atoms with E-state index in [1.54, 1.807) is 19.2 Å². The van der Waals surface area contributed by atoms with Crippen molar-refractivity contribution in [1.29, 1.82) is 0 Å². The summed E-state index contributed by atoms with van der Waals surface area (Å²) in [5, 5.41) is 2.91. The van der Waals surface area contributed by atoms with Gasteiger partial charge in [0.25, 0.3) is 5.91 Å². The molecule has 0 heterocycles. The van der Waals surface area contributed by atoms with Crippen LogP contribution in [0.25, 0.3) is 0 Å². The number of amides is 1. The maximum atomic E-state index is 12.7. The molecule has 0 spiro atoms. The number of hydrogen-bond donors (Lipinski definition) is 1. The number of para-hydroxylation sites is 3. The van der Waals surface area contributed by atoms with Crippen molar-refractivity contribution >= 4 is 11.6 Å². The number of benzene rings is 2. The molecule has 2 aromatic rings. The highest BCUT2D eigenvalue weighted by Crippen LogP contribution is 2.26. The van der Waals surface area contributed by atoms with Gasteiger partial charge >= 0.3 is 0 Å². The Hall–Kier alpha value is -2.53. The standard InChI is InChI=1S/C20H25NO4/c1-3-4-13-24-19-12-8-6-10-17(19)21-20(22)16-9-5-7-11-18(16)25-15-14-23-2/h5-12H,3-4,13-15H2,1-2H3,(H,21,22). The topological polar surface area (TPSA) is 56.8 Å². The van der Waals surface area contributed by atoms with E-state index in [1.165, 1.54) is 0 Å². The van der Waals surface area contributed by atoms with E-state index in [-0.39, 0.29) is 5.91 Å². The molecule has 0 aliphatic heterocycles. The third-order valence-electron chi connectivity index (χ3n) is 3.57. The minimum Gasteiger partial charge on any atom is -0.491 e. The zero-order chi connectivity index (χ0) is 17.9. The Morgan fingerprint density at radius 2 is 1.60 bits per heavy atom. The van der Waals surface area contributed by atoms with Gasteiger partial charge in [0.2, 0.25) is 0 Å². The van der Waals surface area contributed by atoms with Crippen LogP contribution in [0.5, 0.6) is 11.5 Å². The molecule has 0 aliphatic carbocycles. The second-order valence-corrected chi connectivity index (χ2v) is 5.49. The number of ether oxygens (including phenoxy) is 3. The fourth-order valence-electron chi connectivity index (χ4n) is 2.23. The van der Waals surface area contributed by atoms with E-state index in [4.69, 9.17) is 14.2 Å². The van der Waals surface area contributed by atoms with Gasteiger partial charge in [-0.15, -0.1) is 0 Å². The number of nitrogens with one attached hydrogen (secondary N) is 1. The third kappa shape index (κ3) is 5.80. The molecule has 0 atom stereocenters. The Labute approximate surface area is 148 Å². The average Bonchev–Trinajstić information content (AvgIpc) is 2.64. The number of anilines is 1. The number of rotatable bonds is 10. The predicted octanol–water partition coefficient (Wildman–Crippen LogP) is 4.14. The lowest BCUT2D eigenvalue weighted by atomic mass is 10.1. The van der Waals surface area contributed by atoms with Gasteiger partial charge in [0.15, 0.2) is 0 Å². The first-order chi connectivity index (χ1) is 12.3. The molecule has 0 saturated heterocycles. The summed E-state index contributed by atoms with van der Waals surface area (Å²) >= 11 is 0. The highest BCUT2D eigenvalue weighted by Gasteiger charge is 2.14. The zero-order valence-corrected chi connectivity index (χ0v) is 14.8. The summed E-state index contributed by atoms with van der Waals surface area (Å²) in [5.74, 6) is 0.961. The van der Waals surface area contributed by atoms with Crippen LogP contribution in [0.1, 0.15) is 30.1 Å². The van der Waals surface area contributed by atoms with E-state index in [0.717, 1.165) is 12.8 Å². The van der Waals surface area contributed by atoms with Gasteiger partial charge in [0, 0.05) is 7.11 Å². The van der Waals surface area contributed by atoms with Crippen LogP contribution in [0.15, 0.2) is 48.5 Å². The van der Waals surface area contributed by atoms with Crippen molar-refractivity contribution in [2.45, 2.75) is 19.8 Å². The fourth-order valence-corrected chi connectivity index (χ4v) is 2.23. The van der Waals surface area contributed by atoms with E-state index < -0.39 is 0 Å². The number of carbonyl (C=O) groups excluding carboxylic acids is 1. The molecular weight excluding hydrogens is 318 g/mol. The highest BCUT2D eigenvalue weighted by molar-refractivity contribution is 6.06. The van der Waals surface area contributed by atoms with Crippen molar-refractivity contribution in [1.82, 2.24) is 0 Å². The molecule has 0 aromatic heterocycles. The quantitative estimate of drug-likeness (QED) is 0.659. The van der Waals surface area contributed by atoms with Crippen molar-refractivity contribution < 1.29 is 19.0 Å². The maximum Gasteiger partial charge on any atom is 0.259 e. The first kappa shape index (κ1) is 18.8. The van der Waals surface area contributed by atoms with E-state index >= 15 is 0 Å². The minimum atomic E-state index is -0.237. The molecule has 5 heteroatoms. The normalized spacial score (nSPS) is 10.3. The van der Waals surface area contributed by atoms with Gasteiger partial charge in [-0.1, -0.05) is 37.6 Å². The van der Waals surface area contributed by atoms with Gasteiger partial charge in [-0.05, 0) is 30.7 Å². The van der Waals surface area contributed by atoms with Gasteiger partial charge in [-0.2, -0.15) is 0 Å². The first-order valence-corrected chi connectivity index (χ1v) is 8.50. The van der Waals surface area contributed by atoms with Crippen molar-refractivity contribution in [3.05, 3.63) is 54.1 Å². The van der Waals surface area contributed by atoms with E-state index in [0.29, 0.717) is 42.6 Å². The molecule has 0 bridgehead atoms. The number of carbonyl (C=O) groups is 1. The van der Waals surface area contributed by atoms with Crippen molar-refractivity contribution in [3.63, 3.8) is 0 Å². The summed E-state index contributed by atoms with van der Waals surface area (Å²) in [6, 6.07) is 14.6. The smallest absolute Gasteiger partial charge is 0.259 e. The van der Waals surface area contributed by atoms with E-state index in [2.05, 4.69) is 12.2 Å². The SMILES string of the molecule is CCCCOc1ccccc1NC(=O)c1ccccc1OCCOC. The summed E-state index contributed by atoms with van der Waals surface area (Å²) in [7, 11) is 1.61. The van der Waals surface area contributed by atoms with Crippen LogP contribution in [0.2, 0.25) is 0 Å². The van der Waals surface area contributed by atoms with Crippen molar-refractivity contribution in [3.8, 4) is 11.5 Å². The summed E-state index contributed by atoms with van der Waals surface area (Å²) < 4.78 is 16.4. The predicted molar refractivity (Wildman–Crippen MR) is 98.6 cm³/mol. The Morgan fingerprint density at radius 1 is 0.920 bits per heavy atom. The monoisotopic (exact) mass is 343 g/mol. The molecule has 134 valence electrons. The second kappa shape index (κ2) is 10.4. The molecule has 5 nitrogen and oxygen atoms in total. The van der Waals surface area contributed by atoms with Gasteiger partial charge in [0.05, 0.1) is 24.5 Å². The van der Waals surface area contributed by atoms with Gasteiger partial charge in [0.1, 0.15) is 18.1 Å². The molecule has 0 unspecified atom stereocenters. The molecule has 1 amide bonds. The summed E-state index contributed by atoms with van der Waals surface area (Å²) in [6.07, 6.45) is 2.03. The molecule has 0 saturated carbocycles. The highest BCUT2D eigenvalue weighted by atomic mass is 16.5. The maximum absolute atomic E-state index is 12.7. The Morgan fingerprint density at radius 3 is 2.36 bits per heavy atom. The van der Waals surface area contributed by atoms with Crippen LogP contribution in [0, 0.1) is 0 Å². The van der Waals surface area contributed by atoms with Crippen LogP contribution < -0.4 is 14.8 Å². The van der Waals surface area contributed by atoms with Crippen LogP contribution in [0.3, 0.4) is 0 Å². The Kier molecular flexibility index (Phi) is 7.79. The number of hydrogen-bond acceptors (Lipinski definition) is 4. The molecular formula is C20H25NO4. The summed E-state index contributed by atoms with van der Waals surface area (Å²) in [5.41, 5.74) is 1.12. The Balaban J connectivity index is 2.10. The average molecular weight is 343 g/mol. The van der Waals surface area contributed by atoms with Gasteiger partial charge in [-0.25, -0.2) is 0 Å². The largest absolute Gasteiger partial charge is 0.491 e. The molecule has 2 rings (SSSR count). The lowest BCUT2D eigenvalue weighted by molar-refractivity contribution is 0.101. The van der Waals surface area contributed by atoms with Gasteiger partial charge < -0.3 is 19.5 Å². The molecule has 0 aliphatic rings. The molecule has 0 fully saturated rings. The van der Waals surface area contributed by atoms with Gasteiger partial charge in [-0.3, -0.25) is 4.79 Å². The minimum absolute atomic E-state index is 0.237. The Bertz CT molecular complexity index is 672. The lowest BCUT2D eigenvalue weighted by Crippen LogP contribution is -2.15. The lowest BCUT2D eigenvalue weighted by Gasteiger charge is -2.14. The molecule has 25 heavy (non-hydrogen) atoms. The summed E-state index contributed by atoms with van der Waals surface area (Å²) in [4.78, 5) is 12.7. The fraction of sp³-hybridized carbons (Fsp3) is 0.350. The van der Waals surface area contributed by atoms with Crippen molar-refractivity contribution in [2.75, 3.05) is 32.2 Å². The van der Waals surface area contributed by atoms with Crippen LogP contribution in [-0.2, 0) is 4.74 Å². The summed E-state index contributed by atoms with van der Waals surface area (Å²) in [6.45, 7) is 3.58. The van der Waals surface area contributed by atoms with Crippen molar-refractivity contribution in [2.24, 2.45) is 0 Å². The molecule has 0 radical (unpaired) electrons. The number of methoxy groups -OCH3 is 1. The number of unbranched alkanes of at least 4 members (excludes halogenated alkanes) is 1. The van der Waals surface area contributed by atoms with E-state index in [9.17, 15) is 4.79 Å². The third-order valence-corrected chi connectivity index (χ3v) is 3.57. The van der Waals surface area contributed by atoms with Crippen LogP contribution >= 0.6 is 0 Å². The first-order valence-electron chi connectivity index (χ1n) is 8.50. The van der Waals surface area contributed by atoms with Crippen LogP contribution in [-0.4, -0.2) is 32.8 Å².